The average molecular weight is 380 g/mol. The molecular formula is C21H24N4O3. The number of ether oxygens (including phenoxy) is 1. The topological polar surface area (TPSA) is 83.6 Å². The summed E-state index contributed by atoms with van der Waals surface area (Å²) in [4.78, 5) is 31.2. The Morgan fingerprint density at radius 1 is 1.07 bits per heavy atom. The van der Waals surface area contributed by atoms with Crippen LogP contribution < -0.4 is 15.5 Å². The molecule has 0 bridgehead atoms. The molecule has 146 valence electrons. The Balaban J connectivity index is 1.32. The smallest absolute Gasteiger partial charge is 0.228 e. The normalized spacial score (nSPS) is 21.1. The van der Waals surface area contributed by atoms with E-state index in [1.807, 2.05) is 36.4 Å². The van der Waals surface area contributed by atoms with Crippen molar-refractivity contribution in [3.8, 4) is 0 Å². The molecule has 1 saturated heterocycles. The molecule has 2 atom stereocenters. The van der Waals surface area contributed by atoms with Crippen LogP contribution in [0.3, 0.4) is 0 Å². The maximum absolute atomic E-state index is 12.7. The Morgan fingerprint density at radius 3 is 2.64 bits per heavy atom. The fourth-order valence-electron chi connectivity index (χ4n) is 3.48. The summed E-state index contributed by atoms with van der Waals surface area (Å²) in [5, 5.41) is 5.91. The SMILES string of the molecule is O=C(NCc1cccnc1)C1CC1C(=O)Nc1ccccc1N1CCOCC1. The summed E-state index contributed by atoms with van der Waals surface area (Å²) >= 11 is 0. The molecule has 1 aliphatic carbocycles. The highest BCUT2D eigenvalue weighted by atomic mass is 16.5. The first-order valence-electron chi connectivity index (χ1n) is 9.61. The van der Waals surface area contributed by atoms with Crippen molar-refractivity contribution in [3.63, 3.8) is 0 Å². The highest BCUT2D eigenvalue weighted by molar-refractivity contribution is 6.01. The van der Waals surface area contributed by atoms with E-state index in [-0.39, 0.29) is 23.7 Å². The van der Waals surface area contributed by atoms with Crippen molar-refractivity contribution in [1.82, 2.24) is 10.3 Å². The van der Waals surface area contributed by atoms with Gasteiger partial charge in [0, 0.05) is 32.0 Å². The van der Waals surface area contributed by atoms with Crippen molar-refractivity contribution in [2.24, 2.45) is 11.8 Å². The molecular weight excluding hydrogens is 356 g/mol. The third-order valence-electron chi connectivity index (χ3n) is 5.17. The first kappa shape index (κ1) is 18.4. The fraction of sp³-hybridized carbons (Fsp3) is 0.381. The number of carbonyl (C=O) groups is 2. The van der Waals surface area contributed by atoms with Gasteiger partial charge in [0.25, 0.3) is 0 Å². The lowest BCUT2D eigenvalue weighted by atomic mass is 10.2. The van der Waals surface area contributed by atoms with Gasteiger partial charge in [0.05, 0.1) is 36.4 Å². The first-order valence-corrected chi connectivity index (χ1v) is 9.61. The van der Waals surface area contributed by atoms with Gasteiger partial charge in [-0.15, -0.1) is 0 Å². The van der Waals surface area contributed by atoms with Gasteiger partial charge in [-0.2, -0.15) is 0 Å². The van der Waals surface area contributed by atoms with Gasteiger partial charge < -0.3 is 20.3 Å². The molecule has 1 aliphatic heterocycles. The van der Waals surface area contributed by atoms with Gasteiger partial charge in [-0.05, 0) is 30.2 Å². The Bertz CT molecular complexity index is 837. The minimum absolute atomic E-state index is 0.0783. The third kappa shape index (κ3) is 4.31. The van der Waals surface area contributed by atoms with Crippen LogP contribution in [0, 0.1) is 11.8 Å². The predicted molar refractivity (Wildman–Crippen MR) is 106 cm³/mol. The van der Waals surface area contributed by atoms with Gasteiger partial charge in [0.1, 0.15) is 0 Å². The van der Waals surface area contributed by atoms with Crippen molar-refractivity contribution in [2.75, 3.05) is 36.5 Å². The monoisotopic (exact) mass is 380 g/mol. The highest BCUT2D eigenvalue weighted by Gasteiger charge is 2.48. The number of anilines is 2. The molecule has 4 rings (SSSR count). The van der Waals surface area contributed by atoms with Crippen molar-refractivity contribution in [2.45, 2.75) is 13.0 Å². The molecule has 2 N–H and O–H groups in total. The second-order valence-corrected chi connectivity index (χ2v) is 7.13. The Labute approximate surface area is 164 Å². The zero-order valence-electron chi connectivity index (χ0n) is 15.6. The number of amides is 2. The number of benzene rings is 1. The number of morpholine rings is 1. The van der Waals surface area contributed by atoms with Gasteiger partial charge in [0.15, 0.2) is 0 Å². The fourth-order valence-corrected chi connectivity index (χ4v) is 3.48. The summed E-state index contributed by atoms with van der Waals surface area (Å²) in [5.41, 5.74) is 2.73. The number of hydrogen-bond donors (Lipinski definition) is 2. The molecule has 1 aromatic heterocycles. The molecule has 2 aromatic rings. The lowest BCUT2D eigenvalue weighted by molar-refractivity contribution is -0.125. The molecule has 0 radical (unpaired) electrons. The molecule has 0 spiro atoms. The minimum atomic E-state index is -0.272. The third-order valence-corrected chi connectivity index (χ3v) is 5.17. The van der Waals surface area contributed by atoms with E-state index in [0.717, 1.165) is 30.0 Å². The minimum Gasteiger partial charge on any atom is -0.378 e. The molecule has 1 aromatic carbocycles. The standard InChI is InChI=1S/C21H24N4O3/c26-20(23-14-15-4-3-7-22-13-15)16-12-17(16)21(27)24-18-5-1-2-6-19(18)25-8-10-28-11-9-25/h1-7,13,16-17H,8-12,14H2,(H,23,26)(H,24,27). The second-order valence-electron chi connectivity index (χ2n) is 7.13. The number of rotatable bonds is 6. The van der Waals surface area contributed by atoms with Crippen LogP contribution in [0.15, 0.2) is 48.8 Å². The molecule has 28 heavy (non-hydrogen) atoms. The van der Waals surface area contributed by atoms with Gasteiger partial charge in [-0.1, -0.05) is 18.2 Å². The van der Waals surface area contributed by atoms with Crippen molar-refractivity contribution in [3.05, 3.63) is 54.4 Å². The number of para-hydroxylation sites is 2. The summed E-state index contributed by atoms with van der Waals surface area (Å²) in [5.74, 6) is -0.702. The summed E-state index contributed by atoms with van der Waals surface area (Å²) in [6.07, 6.45) is 4.01. The number of pyridine rings is 1. The molecule has 2 heterocycles. The number of hydrogen-bond acceptors (Lipinski definition) is 5. The zero-order chi connectivity index (χ0) is 19.3. The number of nitrogens with one attached hydrogen (secondary N) is 2. The van der Waals surface area contributed by atoms with E-state index in [9.17, 15) is 9.59 Å². The lowest BCUT2D eigenvalue weighted by Gasteiger charge is -2.30. The van der Waals surface area contributed by atoms with Crippen LogP contribution in [0.2, 0.25) is 0 Å². The lowest BCUT2D eigenvalue weighted by Crippen LogP contribution is -2.36. The molecule has 7 heteroatoms. The van der Waals surface area contributed by atoms with E-state index in [4.69, 9.17) is 4.74 Å². The first-order chi connectivity index (χ1) is 13.7. The van der Waals surface area contributed by atoms with Crippen LogP contribution in [0.1, 0.15) is 12.0 Å². The molecule has 2 unspecified atom stereocenters. The Morgan fingerprint density at radius 2 is 1.86 bits per heavy atom. The largest absolute Gasteiger partial charge is 0.378 e. The van der Waals surface area contributed by atoms with Crippen LogP contribution >= 0.6 is 0 Å². The van der Waals surface area contributed by atoms with Crippen LogP contribution in [-0.4, -0.2) is 43.1 Å². The molecule has 2 aliphatic rings. The van der Waals surface area contributed by atoms with Crippen molar-refractivity contribution in [1.29, 1.82) is 0 Å². The summed E-state index contributed by atoms with van der Waals surface area (Å²) < 4.78 is 5.41. The van der Waals surface area contributed by atoms with Crippen LogP contribution in [-0.2, 0) is 20.9 Å². The number of carbonyl (C=O) groups excluding carboxylic acids is 2. The van der Waals surface area contributed by atoms with Crippen LogP contribution in [0.25, 0.3) is 0 Å². The second kappa shape index (κ2) is 8.39. The summed E-state index contributed by atoms with van der Waals surface area (Å²) in [7, 11) is 0. The van der Waals surface area contributed by atoms with Crippen LogP contribution in [0.5, 0.6) is 0 Å². The number of aromatic nitrogens is 1. The highest BCUT2D eigenvalue weighted by Crippen LogP contribution is 2.40. The maximum atomic E-state index is 12.7. The van der Waals surface area contributed by atoms with Gasteiger partial charge in [-0.25, -0.2) is 0 Å². The molecule has 7 nitrogen and oxygen atoms in total. The van der Waals surface area contributed by atoms with Gasteiger partial charge >= 0.3 is 0 Å². The summed E-state index contributed by atoms with van der Waals surface area (Å²) in [6, 6.07) is 11.5. The molecule has 2 fully saturated rings. The summed E-state index contributed by atoms with van der Waals surface area (Å²) in [6.45, 7) is 3.40. The Kier molecular flexibility index (Phi) is 5.53. The van der Waals surface area contributed by atoms with E-state index in [0.29, 0.717) is 26.2 Å². The maximum Gasteiger partial charge on any atom is 0.228 e. The van der Waals surface area contributed by atoms with E-state index in [1.54, 1.807) is 12.4 Å². The quantitative estimate of drug-likeness (QED) is 0.799. The van der Waals surface area contributed by atoms with Crippen LogP contribution in [0.4, 0.5) is 11.4 Å². The van der Waals surface area contributed by atoms with E-state index in [1.165, 1.54) is 0 Å². The molecule has 2 amide bonds. The number of nitrogens with zero attached hydrogens (tertiary/aromatic N) is 2. The van der Waals surface area contributed by atoms with Crippen molar-refractivity contribution >= 4 is 23.2 Å². The van der Waals surface area contributed by atoms with E-state index in [2.05, 4.69) is 20.5 Å². The molecule has 1 saturated carbocycles. The van der Waals surface area contributed by atoms with Crippen molar-refractivity contribution < 1.29 is 14.3 Å². The van der Waals surface area contributed by atoms with Gasteiger partial charge in [-0.3, -0.25) is 14.6 Å². The van der Waals surface area contributed by atoms with E-state index < -0.39 is 0 Å². The zero-order valence-corrected chi connectivity index (χ0v) is 15.6. The predicted octanol–water partition coefficient (Wildman–Crippen LogP) is 1.81. The van der Waals surface area contributed by atoms with E-state index >= 15 is 0 Å². The average Bonchev–Trinajstić information content (AvgIpc) is 3.55. The Hall–Kier alpha value is -2.93. The van der Waals surface area contributed by atoms with Gasteiger partial charge in [0.2, 0.25) is 11.8 Å².